The third kappa shape index (κ3) is 2.33. The van der Waals surface area contributed by atoms with Crippen molar-refractivity contribution in [3.05, 3.63) is 12.2 Å². The Bertz CT molecular complexity index is 361. The fraction of sp³-hybridized carbons (Fsp3) is 0.667. The number of hydrogen-bond donors (Lipinski definition) is 1. The van der Waals surface area contributed by atoms with Crippen LogP contribution in [0.1, 0.15) is 12.2 Å². The minimum atomic E-state index is -0.00538. The summed E-state index contributed by atoms with van der Waals surface area (Å²) < 4.78 is 1.66. The number of aryl methyl sites for hydroxylation is 1. The summed E-state index contributed by atoms with van der Waals surface area (Å²) in [5.41, 5.74) is 5.69. The van der Waals surface area contributed by atoms with Gasteiger partial charge < -0.3 is 10.6 Å². The molecule has 1 saturated heterocycles. The van der Waals surface area contributed by atoms with Gasteiger partial charge in [0.05, 0.1) is 0 Å². The predicted molar refractivity (Wildman–Crippen MR) is 53.9 cm³/mol. The van der Waals surface area contributed by atoms with E-state index < -0.39 is 0 Å². The van der Waals surface area contributed by atoms with E-state index in [9.17, 15) is 4.79 Å². The van der Waals surface area contributed by atoms with Gasteiger partial charge in [-0.05, 0) is 0 Å². The lowest BCUT2D eigenvalue weighted by Crippen LogP contribution is -2.30. The molecule has 1 fully saturated rings. The van der Waals surface area contributed by atoms with Crippen molar-refractivity contribution in [2.24, 2.45) is 12.8 Å². The van der Waals surface area contributed by atoms with E-state index >= 15 is 0 Å². The quantitative estimate of drug-likeness (QED) is 0.686. The first-order valence-corrected chi connectivity index (χ1v) is 5.03. The van der Waals surface area contributed by atoms with Gasteiger partial charge in [-0.2, -0.15) is 5.10 Å². The van der Waals surface area contributed by atoms with E-state index in [-0.39, 0.29) is 11.9 Å². The first-order valence-electron chi connectivity index (χ1n) is 5.03. The van der Waals surface area contributed by atoms with Gasteiger partial charge >= 0.3 is 0 Å². The zero-order valence-electron chi connectivity index (χ0n) is 8.76. The summed E-state index contributed by atoms with van der Waals surface area (Å²) in [5, 5.41) is 4.15. The highest BCUT2D eigenvalue weighted by Crippen LogP contribution is 2.09. The van der Waals surface area contributed by atoms with E-state index in [0.717, 1.165) is 5.82 Å². The van der Waals surface area contributed by atoms with Gasteiger partial charge in [0.1, 0.15) is 6.33 Å². The van der Waals surface area contributed by atoms with Gasteiger partial charge in [-0.25, -0.2) is 4.98 Å². The van der Waals surface area contributed by atoms with E-state index in [1.807, 2.05) is 7.05 Å². The molecule has 1 aliphatic heterocycles. The van der Waals surface area contributed by atoms with Crippen LogP contribution in [0.4, 0.5) is 0 Å². The smallest absolute Gasteiger partial charge is 0.224 e. The van der Waals surface area contributed by atoms with Crippen molar-refractivity contribution in [2.75, 3.05) is 13.1 Å². The molecule has 1 aliphatic rings. The molecule has 1 unspecified atom stereocenters. The summed E-state index contributed by atoms with van der Waals surface area (Å²) in [6.45, 7) is 1.32. The molecule has 0 radical (unpaired) electrons. The number of aromatic nitrogens is 3. The van der Waals surface area contributed by atoms with Crippen molar-refractivity contribution in [1.29, 1.82) is 0 Å². The van der Waals surface area contributed by atoms with E-state index in [0.29, 0.717) is 25.9 Å². The molecule has 2 rings (SSSR count). The molecule has 1 atom stereocenters. The molecule has 6 nitrogen and oxygen atoms in total. The van der Waals surface area contributed by atoms with Gasteiger partial charge in [0.15, 0.2) is 5.82 Å². The average molecular weight is 209 g/mol. The monoisotopic (exact) mass is 209 g/mol. The minimum absolute atomic E-state index is 0.00538. The summed E-state index contributed by atoms with van der Waals surface area (Å²) in [6, 6.07) is -0.00538. The van der Waals surface area contributed by atoms with Crippen LogP contribution in [-0.4, -0.2) is 44.7 Å². The Morgan fingerprint density at radius 1 is 1.67 bits per heavy atom. The second-order valence-corrected chi connectivity index (χ2v) is 3.89. The molecule has 0 saturated carbocycles. The molecule has 0 bridgehead atoms. The van der Waals surface area contributed by atoms with Crippen molar-refractivity contribution < 1.29 is 4.79 Å². The lowest BCUT2D eigenvalue weighted by Gasteiger charge is -2.14. The van der Waals surface area contributed by atoms with Gasteiger partial charge in [0.2, 0.25) is 5.91 Å². The summed E-state index contributed by atoms with van der Waals surface area (Å²) in [5.74, 6) is 0.907. The first kappa shape index (κ1) is 10.1. The lowest BCUT2D eigenvalue weighted by molar-refractivity contribution is -0.127. The molecule has 1 aromatic heterocycles. The number of carbonyl (C=O) groups excluding carboxylic acids is 1. The van der Waals surface area contributed by atoms with Crippen LogP contribution in [0.15, 0.2) is 6.33 Å². The number of likely N-dealkylation sites (tertiary alicyclic amines) is 1. The number of carbonyl (C=O) groups is 1. The van der Waals surface area contributed by atoms with Crippen LogP contribution in [-0.2, 0) is 18.3 Å². The van der Waals surface area contributed by atoms with E-state index in [1.54, 1.807) is 15.9 Å². The van der Waals surface area contributed by atoms with E-state index in [4.69, 9.17) is 5.73 Å². The Balaban J connectivity index is 1.86. The third-order valence-corrected chi connectivity index (χ3v) is 2.50. The Morgan fingerprint density at radius 3 is 3.00 bits per heavy atom. The summed E-state index contributed by atoms with van der Waals surface area (Å²) in [6.07, 6.45) is 2.82. The van der Waals surface area contributed by atoms with Gasteiger partial charge in [0, 0.05) is 39.0 Å². The average Bonchev–Trinajstić information content (AvgIpc) is 2.70. The van der Waals surface area contributed by atoms with Crippen molar-refractivity contribution >= 4 is 5.91 Å². The molecule has 0 aliphatic carbocycles. The van der Waals surface area contributed by atoms with Crippen LogP contribution in [0.25, 0.3) is 0 Å². The maximum Gasteiger partial charge on any atom is 0.224 e. The number of hydrogen-bond acceptors (Lipinski definition) is 4. The van der Waals surface area contributed by atoms with E-state index in [2.05, 4.69) is 10.1 Å². The molecule has 0 aromatic carbocycles. The third-order valence-electron chi connectivity index (χ3n) is 2.50. The Morgan fingerprint density at radius 2 is 2.47 bits per heavy atom. The molecule has 82 valence electrons. The molecule has 2 heterocycles. The lowest BCUT2D eigenvalue weighted by atomic mass is 10.3. The van der Waals surface area contributed by atoms with Crippen molar-refractivity contribution in [1.82, 2.24) is 19.7 Å². The van der Waals surface area contributed by atoms with Gasteiger partial charge in [-0.15, -0.1) is 0 Å². The number of nitrogens with zero attached hydrogens (tertiary/aromatic N) is 4. The maximum atomic E-state index is 11.4. The van der Waals surface area contributed by atoms with Gasteiger partial charge in [-0.3, -0.25) is 9.48 Å². The van der Waals surface area contributed by atoms with Crippen LogP contribution in [0, 0.1) is 0 Å². The summed E-state index contributed by atoms with van der Waals surface area (Å²) >= 11 is 0. The van der Waals surface area contributed by atoms with Gasteiger partial charge in [-0.1, -0.05) is 0 Å². The molecular weight excluding hydrogens is 194 g/mol. The molecule has 6 heteroatoms. The summed E-state index contributed by atoms with van der Waals surface area (Å²) in [7, 11) is 1.83. The maximum absolute atomic E-state index is 11.4. The van der Waals surface area contributed by atoms with Crippen molar-refractivity contribution in [3.63, 3.8) is 0 Å². The largest absolute Gasteiger partial charge is 0.341 e. The topological polar surface area (TPSA) is 77.0 Å². The number of nitrogens with two attached hydrogens (primary N) is 1. The molecule has 1 amide bonds. The SMILES string of the molecule is Cn1cnc(CCN2CC(N)CC2=O)n1. The van der Waals surface area contributed by atoms with Crippen molar-refractivity contribution in [2.45, 2.75) is 18.9 Å². The van der Waals surface area contributed by atoms with E-state index in [1.165, 1.54) is 0 Å². The van der Waals surface area contributed by atoms with Crippen LogP contribution < -0.4 is 5.73 Å². The predicted octanol–water partition coefficient (Wildman–Crippen LogP) is -1.08. The van der Waals surface area contributed by atoms with Gasteiger partial charge in [0.25, 0.3) is 0 Å². The zero-order valence-corrected chi connectivity index (χ0v) is 8.76. The molecule has 15 heavy (non-hydrogen) atoms. The highest BCUT2D eigenvalue weighted by molar-refractivity contribution is 5.79. The fourth-order valence-electron chi connectivity index (χ4n) is 1.75. The Labute approximate surface area is 88.1 Å². The second-order valence-electron chi connectivity index (χ2n) is 3.89. The van der Waals surface area contributed by atoms with Crippen LogP contribution >= 0.6 is 0 Å². The highest BCUT2D eigenvalue weighted by Gasteiger charge is 2.26. The molecule has 2 N–H and O–H groups in total. The Kier molecular flexibility index (Phi) is 2.68. The normalized spacial score (nSPS) is 21.3. The van der Waals surface area contributed by atoms with Crippen LogP contribution in [0.3, 0.4) is 0 Å². The fourth-order valence-corrected chi connectivity index (χ4v) is 1.75. The number of amides is 1. The molecular formula is C9H15N5O. The molecule has 1 aromatic rings. The zero-order chi connectivity index (χ0) is 10.8. The standard InChI is InChI=1S/C9H15N5O/c1-13-6-11-8(12-13)2-3-14-5-7(10)4-9(14)15/h6-7H,2-5,10H2,1H3. The first-order chi connectivity index (χ1) is 7.15. The molecule has 0 spiro atoms. The van der Waals surface area contributed by atoms with Crippen LogP contribution in [0.5, 0.6) is 0 Å². The van der Waals surface area contributed by atoms with Crippen LogP contribution in [0.2, 0.25) is 0 Å². The Hall–Kier alpha value is -1.43. The highest BCUT2D eigenvalue weighted by atomic mass is 16.2. The summed E-state index contributed by atoms with van der Waals surface area (Å²) in [4.78, 5) is 17.3. The minimum Gasteiger partial charge on any atom is -0.341 e. The second kappa shape index (κ2) is 3.98. The number of rotatable bonds is 3. The van der Waals surface area contributed by atoms with Crippen molar-refractivity contribution in [3.8, 4) is 0 Å².